The van der Waals surface area contributed by atoms with E-state index in [2.05, 4.69) is 44.6 Å². The van der Waals surface area contributed by atoms with Gasteiger partial charge in [0.05, 0.1) is 5.54 Å². The Morgan fingerprint density at radius 1 is 0.882 bits per heavy atom. The normalized spacial score (nSPS) is 13.2. The second-order valence-corrected chi connectivity index (χ2v) is 5.18. The summed E-state index contributed by atoms with van der Waals surface area (Å²) in [5.41, 5.74) is 2.60. The standard InChI is InChI=1S/C13H26N2.C2H6/c1-11(14-6)9-7-8-10-12(2)15-13(3,4)5;1-2/h7-10H2,1-6H3;1-2H3. The van der Waals surface area contributed by atoms with Crippen molar-refractivity contribution in [2.24, 2.45) is 9.98 Å². The molecule has 2 heteroatoms. The SMILES string of the molecule is CC.CN=C(C)CCCCC(C)=NC(C)(C)C. The highest BCUT2D eigenvalue weighted by molar-refractivity contribution is 5.83. The summed E-state index contributed by atoms with van der Waals surface area (Å²) in [4.78, 5) is 8.78. The average molecular weight is 240 g/mol. The Kier molecular flexibility index (Phi) is 11.5. The number of nitrogens with zero attached hydrogens (tertiary/aromatic N) is 2. The van der Waals surface area contributed by atoms with Crippen molar-refractivity contribution in [3.63, 3.8) is 0 Å². The van der Waals surface area contributed by atoms with Crippen molar-refractivity contribution < 1.29 is 0 Å². The average Bonchev–Trinajstić information content (AvgIpc) is 2.24. The van der Waals surface area contributed by atoms with Crippen LogP contribution in [0.4, 0.5) is 0 Å². The van der Waals surface area contributed by atoms with Crippen molar-refractivity contribution in [1.29, 1.82) is 0 Å². The summed E-state index contributed by atoms with van der Waals surface area (Å²) in [6.07, 6.45) is 4.69. The van der Waals surface area contributed by atoms with E-state index in [9.17, 15) is 0 Å². The zero-order valence-corrected chi connectivity index (χ0v) is 13.2. The Hall–Kier alpha value is -0.660. The maximum absolute atomic E-state index is 4.63. The molecule has 0 atom stereocenters. The minimum Gasteiger partial charge on any atom is -0.298 e. The van der Waals surface area contributed by atoms with Crippen LogP contribution in [0.3, 0.4) is 0 Å². The molecule has 0 aliphatic carbocycles. The zero-order valence-electron chi connectivity index (χ0n) is 13.2. The summed E-state index contributed by atoms with van der Waals surface area (Å²) in [7, 11) is 1.86. The number of hydrogen-bond donors (Lipinski definition) is 0. The van der Waals surface area contributed by atoms with E-state index in [0.29, 0.717) is 0 Å². The second kappa shape index (κ2) is 10.5. The minimum atomic E-state index is 0.0743. The van der Waals surface area contributed by atoms with E-state index in [-0.39, 0.29) is 5.54 Å². The van der Waals surface area contributed by atoms with Crippen LogP contribution in [0.1, 0.15) is 74.1 Å². The monoisotopic (exact) mass is 240 g/mol. The van der Waals surface area contributed by atoms with Gasteiger partial charge in [0, 0.05) is 18.5 Å². The van der Waals surface area contributed by atoms with Gasteiger partial charge in [-0.3, -0.25) is 9.98 Å². The third kappa shape index (κ3) is 15.3. The van der Waals surface area contributed by atoms with E-state index in [0.717, 1.165) is 12.8 Å². The molecule has 0 N–H and O–H groups in total. The van der Waals surface area contributed by atoms with Crippen LogP contribution in [0.2, 0.25) is 0 Å². The molecule has 0 bridgehead atoms. The molecule has 0 aliphatic heterocycles. The van der Waals surface area contributed by atoms with Crippen LogP contribution in [0.15, 0.2) is 9.98 Å². The molecule has 17 heavy (non-hydrogen) atoms. The van der Waals surface area contributed by atoms with Crippen molar-refractivity contribution >= 4 is 11.4 Å². The van der Waals surface area contributed by atoms with Crippen LogP contribution < -0.4 is 0 Å². The lowest BCUT2D eigenvalue weighted by molar-refractivity contribution is 0.580. The summed E-state index contributed by atoms with van der Waals surface area (Å²) in [6.45, 7) is 14.7. The molecule has 0 aromatic rings. The molecule has 0 fully saturated rings. The van der Waals surface area contributed by atoms with Crippen molar-refractivity contribution in [2.45, 2.75) is 79.7 Å². The Morgan fingerprint density at radius 2 is 1.29 bits per heavy atom. The van der Waals surface area contributed by atoms with Crippen molar-refractivity contribution in [3.05, 3.63) is 0 Å². The predicted molar refractivity (Wildman–Crippen MR) is 81.7 cm³/mol. The Balaban J connectivity index is 0. The fourth-order valence-corrected chi connectivity index (χ4v) is 1.50. The fourth-order valence-electron chi connectivity index (χ4n) is 1.50. The highest BCUT2D eigenvalue weighted by Crippen LogP contribution is 2.10. The summed E-state index contributed by atoms with van der Waals surface area (Å²) in [5, 5.41) is 0. The Labute approximate surface area is 109 Å². The Bertz CT molecular complexity index is 232. The largest absolute Gasteiger partial charge is 0.298 e. The smallest absolute Gasteiger partial charge is 0.0523 e. The number of unbranched alkanes of at least 4 members (excludes halogenated alkanes) is 1. The topological polar surface area (TPSA) is 24.7 Å². The maximum Gasteiger partial charge on any atom is 0.0523 e. The predicted octanol–water partition coefficient (Wildman–Crippen LogP) is 4.92. The molecule has 0 unspecified atom stereocenters. The van der Waals surface area contributed by atoms with E-state index >= 15 is 0 Å². The number of hydrogen-bond acceptors (Lipinski definition) is 2. The molecule has 0 rings (SSSR count). The van der Waals surface area contributed by atoms with Gasteiger partial charge >= 0.3 is 0 Å². The van der Waals surface area contributed by atoms with Crippen LogP contribution in [-0.2, 0) is 0 Å². The third-order valence-corrected chi connectivity index (χ3v) is 2.24. The lowest BCUT2D eigenvalue weighted by Crippen LogP contribution is -2.12. The summed E-state index contributed by atoms with van der Waals surface area (Å²) >= 11 is 0. The molecule has 0 heterocycles. The quantitative estimate of drug-likeness (QED) is 0.481. The van der Waals surface area contributed by atoms with Crippen LogP contribution in [0.5, 0.6) is 0 Å². The first-order valence-corrected chi connectivity index (χ1v) is 6.83. The maximum atomic E-state index is 4.63. The van der Waals surface area contributed by atoms with E-state index in [1.807, 2.05) is 20.9 Å². The van der Waals surface area contributed by atoms with Gasteiger partial charge < -0.3 is 0 Å². The van der Waals surface area contributed by atoms with Gasteiger partial charge in [-0.05, 0) is 60.3 Å². The van der Waals surface area contributed by atoms with Gasteiger partial charge in [0.15, 0.2) is 0 Å². The van der Waals surface area contributed by atoms with Gasteiger partial charge in [-0.25, -0.2) is 0 Å². The summed E-state index contributed by atoms with van der Waals surface area (Å²) in [6, 6.07) is 0. The van der Waals surface area contributed by atoms with Gasteiger partial charge in [0.2, 0.25) is 0 Å². The van der Waals surface area contributed by atoms with Crippen molar-refractivity contribution in [2.75, 3.05) is 7.05 Å². The van der Waals surface area contributed by atoms with Crippen molar-refractivity contribution in [3.8, 4) is 0 Å². The molecule has 102 valence electrons. The van der Waals surface area contributed by atoms with Crippen LogP contribution >= 0.6 is 0 Å². The molecule has 0 spiro atoms. The van der Waals surface area contributed by atoms with E-state index < -0.39 is 0 Å². The minimum absolute atomic E-state index is 0.0743. The van der Waals surface area contributed by atoms with Crippen molar-refractivity contribution in [1.82, 2.24) is 0 Å². The third-order valence-electron chi connectivity index (χ3n) is 2.24. The first kappa shape index (κ1) is 18.7. The zero-order chi connectivity index (χ0) is 13.9. The van der Waals surface area contributed by atoms with E-state index in [4.69, 9.17) is 0 Å². The molecule has 2 nitrogen and oxygen atoms in total. The molecule has 0 aromatic heterocycles. The molecule has 0 saturated heterocycles. The van der Waals surface area contributed by atoms with Gasteiger partial charge in [0.25, 0.3) is 0 Å². The molecule has 0 saturated carbocycles. The van der Waals surface area contributed by atoms with Crippen LogP contribution in [0.25, 0.3) is 0 Å². The first-order valence-electron chi connectivity index (χ1n) is 6.83. The van der Waals surface area contributed by atoms with Gasteiger partial charge in [-0.2, -0.15) is 0 Å². The molecule has 0 aliphatic rings. The molecular weight excluding hydrogens is 208 g/mol. The van der Waals surface area contributed by atoms with E-state index in [1.165, 1.54) is 24.3 Å². The highest BCUT2D eigenvalue weighted by Gasteiger charge is 2.06. The highest BCUT2D eigenvalue weighted by atomic mass is 14.8. The van der Waals surface area contributed by atoms with E-state index in [1.54, 1.807) is 0 Å². The first-order chi connectivity index (χ1) is 7.85. The van der Waals surface area contributed by atoms with Gasteiger partial charge in [-0.15, -0.1) is 0 Å². The molecule has 0 amide bonds. The van der Waals surface area contributed by atoms with Gasteiger partial charge in [0.1, 0.15) is 0 Å². The number of rotatable bonds is 5. The fraction of sp³-hybridized carbons (Fsp3) is 0.867. The molecular formula is C15H32N2. The number of aliphatic imine (C=N–C) groups is 2. The summed E-state index contributed by atoms with van der Waals surface area (Å²) in [5.74, 6) is 0. The second-order valence-electron chi connectivity index (χ2n) is 5.18. The summed E-state index contributed by atoms with van der Waals surface area (Å²) < 4.78 is 0. The van der Waals surface area contributed by atoms with Crippen LogP contribution in [-0.4, -0.2) is 24.0 Å². The molecule has 0 radical (unpaired) electrons. The van der Waals surface area contributed by atoms with Gasteiger partial charge in [-0.1, -0.05) is 13.8 Å². The Morgan fingerprint density at radius 3 is 1.65 bits per heavy atom. The lowest BCUT2D eigenvalue weighted by Gasteiger charge is -2.13. The lowest BCUT2D eigenvalue weighted by atomic mass is 10.1. The molecule has 0 aromatic carbocycles. The van der Waals surface area contributed by atoms with Crippen LogP contribution in [0, 0.1) is 0 Å².